The van der Waals surface area contributed by atoms with Crippen molar-refractivity contribution in [2.24, 2.45) is 0 Å². The first-order valence-corrected chi connectivity index (χ1v) is 8.77. The van der Waals surface area contributed by atoms with Crippen LogP contribution in [0, 0.1) is 0 Å². The normalized spacial score (nSPS) is 11.3. The lowest BCUT2D eigenvalue weighted by atomic mass is 10.3. The van der Waals surface area contributed by atoms with Crippen molar-refractivity contribution in [2.45, 2.75) is 4.90 Å². The van der Waals surface area contributed by atoms with E-state index in [0.717, 1.165) is 0 Å². The van der Waals surface area contributed by atoms with Gasteiger partial charge in [-0.25, -0.2) is 8.42 Å². The lowest BCUT2D eigenvalue weighted by Gasteiger charge is -2.11. The second kappa shape index (κ2) is 5.93. The van der Waals surface area contributed by atoms with Crippen molar-refractivity contribution in [2.75, 3.05) is 10.5 Å². The van der Waals surface area contributed by atoms with Crippen molar-refractivity contribution in [3.8, 4) is 0 Å². The summed E-state index contributed by atoms with van der Waals surface area (Å²) in [6.07, 6.45) is 0. The zero-order valence-corrected chi connectivity index (χ0v) is 14.6. The predicted molar refractivity (Wildman–Crippen MR) is 88.5 cm³/mol. The Morgan fingerprint density at radius 1 is 1.10 bits per heavy atom. The molecule has 3 N–H and O–H groups in total. The minimum Gasteiger partial charge on any atom is -0.399 e. The molecule has 0 heterocycles. The lowest BCUT2D eigenvalue weighted by Crippen LogP contribution is -2.14. The van der Waals surface area contributed by atoms with Crippen LogP contribution in [-0.2, 0) is 10.0 Å². The Balaban J connectivity index is 2.41. The van der Waals surface area contributed by atoms with Gasteiger partial charge < -0.3 is 5.73 Å². The zero-order valence-electron chi connectivity index (χ0n) is 9.90. The molecule has 0 aliphatic heterocycles. The monoisotopic (exact) mass is 438 g/mol. The third kappa shape index (κ3) is 3.46. The van der Waals surface area contributed by atoms with Crippen LogP contribution in [0.25, 0.3) is 0 Å². The van der Waals surface area contributed by atoms with E-state index in [2.05, 4.69) is 36.6 Å². The Bertz CT molecular complexity index is 766. The van der Waals surface area contributed by atoms with Crippen LogP contribution in [0.5, 0.6) is 0 Å². The van der Waals surface area contributed by atoms with Crippen LogP contribution in [0.2, 0.25) is 5.02 Å². The van der Waals surface area contributed by atoms with E-state index in [1.54, 1.807) is 24.3 Å². The smallest absolute Gasteiger partial charge is 0.263 e. The number of nitrogen functional groups attached to an aromatic ring is 1. The van der Waals surface area contributed by atoms with E-state index < -0.39 is 10.0 Å². The molecule has 2 aromatic carbocycles. The highest BCUT2D eigenvalue weighted by Crippen LogP contribution is 2.30. The average molecular weight is 441 g/mol. The van der Waals surface area contributed by atoms with Gasteiger partial charge in [0.1, 0.15) is 4.90 Å². The SMILES string of the molecule is Nc1ccc(NS(=O)(=O)c2ccc(Br)cc2Cl)c(Br)c1. The molecule has 0 atom stereocenters. The number of hydrogen-bond donors (Lipinski definition) is 2. The number of hydrogen-bond acceptors (Lipinski definition) is 3. The maximum Gasteiger partial charge on any atom is 0.263 e. The molecule has 0 radical (unpaired) electrons. The Morgan fingerprint density at radius 2 is 1.80 bits per heavy atom. The first-order chi connectivity index (χ1) is 9.29. The summed E-state index contributed by atoms with van der Waals surface area (Å²) in [4.78, 5) is 0.00564. The first kappa shape index (κ1) is 15.6. The van der Waals surface area contributed by atoms with Gasteiger partial charge in [0, 0.05) is 14.6 Å². The van der Waals surface area contributed by atoms with Crippen molar-refractivity contribution >= 4 is 64.9 Å². The van der Waals surface area contributed by atoms with Gasteiger partial charge in [0.05, 0.1) is 10.7 Å². The summed E-state index contributed by atoms with van der Waals surface area (Å²) >= 11 is 12.4. The molecule has 2 rings (SSSR count). The first-order valence-electron chi connectivity index (χ1n) is 5.32. The summed E-state index contributed by atoms with van der Waals surface area (Å²) in [7, 11) is -3.77. The summed E-state index contributed by atoms with van der Waals surface area (Å²) in [5, 5.41) is 0.137. The Morgan fingerprint density at radius 3 is 2.40 bits per heavy atom. The molecule has 4 nitrogen and oxygen atoms in total. The minimum atomic E-state index is -3.77. The number of rotatable bonds is 3. The molecule has 106 valence electrons. The van der Waals surface area contributed by atoms with Gasteiger partial charge in [0.25, 0.3) is 10.0 Å². The molecule has 0 aliphatic rings. The Hall–Kier alpha value is -0.760. The fraction of sp³-hybridized carbons (Fsp3) is 0. The van der Waals surface area contributed by atoms with Gasteiger partial charge in [-0.05, 0) is 52.3 Å². The van der Waals surface area contributed by atoms with E-state index in [-0.39, 0.29) is 9.92 Å². The maximum absolute atomic E-state index is 12.3. The van der Waals surface area contributed by atoms with E-state index in [4.69, 9.17) is 17.3 Å². The van der Waals surface area contributed by atoms with Gasteiger partial charge in [-0.1, -0.05) is 27.5 Å². The van der Waals surface area contributed by atoms with E-state index in [0.29, 0.717) is 20.3 Å². The zero-order chi connectivity index (χ0) is 14.9. The molecule has 0 fully saturated rings. The van der Waals surface area contributed by atoms with Gasteiger partial charge in [-0.3, -0.25) is 4.72 Å². The number of sulfonamides is 1. The Labute approximate surface area is 138 Å². The summed E-state index contributed by atoms with van der Waals surface area (Å²) in [6, 6.07) is 9.35. The van der Waals surface area contributed by atoms with Crippen molar-refractivity contribution in [1.29, 1.82) is 0 Å². The average Bonchev–Trinajstić information content (AvgIpc) is 2.32. The number of nitrogens with two attached hydrogens (primary N) is 1. The molecule has 0 unspecified atom stereocenters. The molecule has 8 heteroatoms. The molecule has 0 saturated heterocycles. The summed E-state index contributed by atoms with van der Waals surface area (Å²) in [6.45, 7) is 0. The lowest BCUT2D eigenvalue weighted by molar-refractivity contribution is 0.601. The molecule has 0 aliphatic carbocycles. The second-order valence-corrected chi connectivity index (χ2v) is 7.75. The molecule has 0 bridgehead atoms. The van der Waals surface area contributed by atoms with E-state index >= 15 is 0 Å². The molecule has 0 saturated carbocycles. The highest BCUT2D eigenvalue weighted by Gasteiger charge is 2.19. The van der Waals surface area contributed by atoms with Crippen molar-refractivity contribution in [1.82, 2.24) is 0 Å². The van der Waals surface area contributed by atoms with Crippen molar-refractivity contribution < 1.29 is 8.42 Å². The standard InChI is InChI=1S/C12H9Br2ClN2O2S/c13-7-1-4-12(10(15)5-7)20(18,19)17-11-3-2-8(16)6-9(11)14/h1-6,17H,16H2. The van der Waals surface area contributed by atoms with E-state index in [1.165, 1.54) is 12.1 Å². The second-order valence-electron chi connectivity index (χ2n) is 3.92. The fourth-order valence-electron chi connectivity index (χ4n) is 1.51. The van der Waals surface area contributed by atoms with Crippen LogP contribution in [0.4, 0.5) is 11.4 Å². The molecule has 0 aromatic heterocycles. The number of halogens is 3. The molecule has 2 aromatic rings. The van der Waals surface area contributed by atoms with Crippen LogP contribution >= 0.6 is 43.5 Å². The third-order valence-corrected chi connectivity index (χ3v) is 5.42. The Kier molecular flexibility index (Phi) is 4.63. The number of benzene rings is 2. The number of nitrogens with one attached hydrogen (secondary N) is 1. The third-order valence-electron chi connectivity index (χ3n) is 2.42. The van der Waals surface area contributed by atoms with Gasteiger partial charge in [0.15, 0.2) is 0 Å². The van der Waals surface area contributed by atoms with E-state index in [9.17, 15) is 8.42 Å². The maximum atomic E-state index is 12.3. The van der Waals surface area contributed by atoms with E-state index in [1.807, 2.05) is 0 Å². The molecular formula is C12H9Br2ClN2O2S. The minimum absolute atomic E-state index is 0.00564. The highest BCUT2D eigenvalue weighted by atomic mass is 79.9. The van der Waals surface area contributed by atoms with Crippen LogP contribution in [0.3, 0.4) is 0 Å². The summed E-state index contributed by atoms with van der Waals surface area (Å²) in [5.41, 5.74) is 6.53. The molecule has 20 heavy (non-hydrogen) atoms. The topological polar surface area (TPSA) is 72.2 Å². The van der Waals surface area contributed by atoms with Gasteiger partial charge in [-0.15, -0.1) is 0 Å². The quantitative estimate of drug-likeness (QED) is 0.701. The summed E-state index contributed by atoms with van der Waals surface area (Å²) < 4.78 is 28.3. The molecular weight excluding hydrogens is 431 g/mol. The molecule has 0 spiro atoms. The number of anilines is 2. The van der Waals surface area contributed by atoms with Gasteiger partial charge in [-0.2, -0.15) is 0 Å². The van der Waals surface area contributed by atoms with Gasteiger partial charge >= 0.3 is 0 Å². The predicted octanol–water partition coefficient (Wildman–Crippen LogP) is 4.25. The summed E-state index contributed by atoms with van der Waals surface area (Å²) in [5.74, 6) is 0. The van der Waals surface area contributed by atoms with Gasteiger partial charge in [0.2, 0.25) is 0 Å². The van der Waals surface area contributed by atoms with Crippen LogP contribution in [-0.4, -0.2) is 8.42 Å². The fourth-order valence-corrected chi connectivity index (χ4v) is 4.25. The highest BCUT2D eigenvalue weighted by molar-refractivity contribution is 9.10. The van der Waals surface area contributed by atoms with Crippen LogP contribution < -0.4 is 10.5 Å². The molecule has 0 amide bonds. The van der Waals surface area contributed by atoms with Crippen LogP contribution in [0.1, 0.15) is 0 Å². The van der Waals surface area contributed by atoms with Crippen molar-refractivity contribution in [3.63, 3.8) is 0 Å². The largest absolute Gasteiger partial charge is 0.399 e. The van der Waals surface area contributed by atoms with Crippen molar-refractivity contribution in [3.05, 3.63) is 50.4 Å². The van der Waals surface area contributed by atoms with Crippen LogP contribution in [0.15, 0.2) is 50.2 Å².